The number of anilines is 1. The molecule has 3 N–H and O–H groups in total. The van der Waals surface area contributed by atoms with Gasteiger partial charge in [0.25, 0.3) is 0 Å². The molecular formula is C10H20N4. The molecule has 0 saturated heterocycles. The van der Waals surface area contributed by atoms with Gasteiger partial charge in [0.2, 0.25) is 0 Å². The number of hydrogen-bond acceptors (Lipinski definition) is 3. The zero-order valence-electron chi connectivity index (χ0n) is 9.03. The molecule has 0 fully saturated rings. The summed E-state index contributed by atoms with van der Waals surface area (Å²) in [6, 6.07) is 0.566. The fourth-order valence-corrected chi connectivity index (χ4v) is 1.79. The van der Waals surface area contributed by atoms with Crippen LogP contribution in [0.3, 0.4) is 0 Å². The van der Waals surface area contributed by atoms with Gasteiger partial charge in [-0.25, -0.2) is 0 Å². The monoisotopic (exact) mass is 196 g/mol. The predicted octanol–water partition coefficient (Wildman–Crippen LogP) is 1.36. The third kappa shape index (κ3) is 2.48. The summed E-state index contributed by atoms with van der Waals surface area (Å²) in [6.07, 6.45) is 6.06. The lowest BCUT2D eigenvalue weighted by Crippen LogP contribution is -2.38. The average Bonchev–Trinajstić information content (AvgIpc) is 2.71. The maximum absolute atomic E-state index is 5.61. The summed E-state index contributed by atoms with van der Waals surface area (Å²) >= 11 is 0. The van der Waals surface area contributed by atoms with Gasteiger partial charge in [-0.3, -0.25) is 5.10 Å². The Hall–Kier alpha value is -1.03. The third-order valence-corrected chi connectivity index (χ3v) is 2.57. The molecule has 0 amide bonds. The highest BCUT2D eigenvalue weighted by molar-refractivity contribution is 5.43. The van der Waals surface area contributed by atoms with Crippen LogP contribution in [0.15, 0.2) is 12.4 Å². The van der Waals surface area contributed by atoms with Gasteiger partial charge in [-0.2, -0.15) is 5.10 Å². The normalized spacial score (nSPS) is 10.9. The highest BCUT2D eigenvalue weighted by Gasteiger charge is 2.15. The smallest absolute Gasteiger partial charge is 0.0752 e. The molecular weight excluding hydrogens is 176 g/mol. The summed E-state index contributed by atoms with van der Waals surface area (Å²) in [6.45, 7) is 5.99. The first-order chi connectivity index (χ1) is 6.83. The van der Waals surface area contributed by atoms with Crippen molar-refractivity contribution in [2.45, 2.75) is 32.7 Å². The molecule has 0 radical (unpaired) electrons. The van der Waals surface area contributed by atoms with E-state index in [4.69, 9.17) is 5.73 Å². The van der Waals surface area contributed by atoms with Crippen LogP contribution in [0, 0.1) is 0 Å². The number of H-pyrrole nitrogens is 1. The van der Waals surface area contributed by atoms with E-state index in [1.54, 1.807) is 0 Å². The van der Waals surface area contributed by atoms with Crippen molar-refractivity contribution in [3.8, 4) is 0 Å². The molecule has 0 saturated carbocycles. The van der Waals surface area contributed by atoms with E-state index in [2.05, 4.69) is 28.9 Å². The van der Waals surface area contributed by atoms with Crippen molar-refractivity contribution in [1.82, 2.24) is 10.2 Å². The van der Waals surface area contributed by atoms with E-state index in [0.29, 0.717) is 12.6 Å². The first-order valence-electron chi connectivity index (χ1n) is 5.28. The Bertz CT molecular complexity index is 228. The van der Waals surface area contributed by atoms with Gasteiger partial charge in [-0.05, 0) is 12.8 Å². The van der Waals surface area contributed by atoms with Gasteiger partial charge in [0.1, 0.15) is 0 Å². The van der Waals surface area contributed by atoms with Gasteiger partial charge in [0, 0.05) is 25.3 Å². The van der Waals surface area contributed by atoms with Crippen LogP contribution in [-0.4, -0.2) is 29.3 Å². The number of nitrogens with zero attached hydrogens (tertiary/aromatic N) is 2. The van der Waals surface area contributed by atoms with Crippen LogP contribution in [0.1, 0.15) is 26.7 Å². The maximum Gasteiger partial charge on any atom is 0.0752 e. The van der Waals surface area contributed by atoms with Crippen LogP contribution in [0.5, 0.6) is 0 Å². The van der Waals surface area contributed by atoms with Crippen molar-refractivity contribution in [3.63, 3.8) is 0 Å². The Morgan fingerprint density at radius 2 is 2.21 bits per heavy atom. The number of nitrogens with two attached hydrogens (primary N) is 1. The van der Waals surface area contributed by atoms with E-state index >= 15 is 0 Å². The quantitative estimate of drug-likeness (QED) is 0.722. The molecule has 1 rings (SSSR count). The highest BCUT2D eigenvalue weighted by atomic mass is 15.2. The third-order valence-electron chi connectivity index (χ3n) is 2.57. The van der Waals surface area contributed by atoms with E-state index in [0.717, 1.165) is 25.1 Å². The first-order valence-corrected chi connectivity index (χ1v) is 5.28. The molecule has 1 heterocycles. The van der Waals surface area contributed by atoms with Crippen LogP contribution in [0.25, 0.3) is 0 Å². The summed E-state index contributed by atoms with van der Waals surface area (Å²) in [7, 11) is 0. The van der Waals surface area contributed by atoms with Gasteiger partial charge >= 0.3 is 0 Å². The summed E-state index contributed by atoms with van der Waals surface area (Å²) < 4.78 is 0. The molecule has 80 valence electrons. The van der Waals surface area contributed by atoms with E-state index in [1.165, 1.54) is 0 Å². The van der Waals surface area contributed by atoms with Gasteiger partial charge < -0.3 is 10.6 Å². The van der Waals surface area contributed by atoms with Gasteiger partial charge in [-0.1, -0.05) is 13.8 Å². The minimum atomic E-state index is 0.566. The zero-order valence-corrected chi connectivity index (χ0v) is 9.03. The average molecular weight is 196 g/mol. The van der Waals surface area contributed by atoms with E-state index in [1.807, 2.05) is 12.4 Å². The first kappa shape index (κ1) is 11.0. The minimum absolute atomic E-state index is 0.566. The summed E-state index contributed by atoms with van der Waals surface area (Å²) in [5, 5.41) is 6.81. The molecule has 4 nitrogen and oxygen atoms in total. The fourth-order valence-electron chi connectivity index (χ4n) is 1.79. The standard InChI is InChI=1S/C10H20N4/c1-3-9(4-2)14(6-5-11)10-7-12-13-8-10/h7-9H,3-6,11H2,1-2H3,(H,12,13). The van der Waals surface area contributed by atoms with Crippen molar-refractivity contribution in [2.75, 3.05) is 18.0 Å². The topological polar surface area (TPSA) is 57.9 Å². The Morgan fingerprint density at radius 3 is 2.64 bits per heavy atom. The van der Waals surface area contributed by atoms with Gasteiger partial charge in [0.05, 0.1) is 11.9 Å². The van der Waals surface area contributed by atoms with Crippen LogP contribution in [0.4, 0.5) is 5.69 Å². The number of rotatable bonds is 6. The summed E-state index contributed by atoms with van der Waals surface area (Å²) in [5.41, 5.74) is 6.75. The Labute approximate surface area is 85.5 Å². The maximum atomic E-state index is 5.61. The van der Waals surface area contributed by atoms with Crippen LogP contribution in [-0.2, 0) is 0 Å². The lowest BCUT2D eigenvalue weighted by atomic mass is 10.1. The molecule has 0 atom stereocenters. The fraction of sp³-hybridized carbons (Fsp3) is 0.700. The predicted molar refractivity (Wildman–Crippen MR) is 59.4 cm³/mol. The SMILES string of the molecule is CCC(CC)N(CCN)c1cn[nH]c1. The second kappa shape index (κ2) is 5.65. The zero-order chi connectivity index (χ0) is 10.4. The molecule has 0 aliphatic heterocycles. The molecule has 0 aliphatic carbocycles. The summed E-state index contributed by atoms with van der Waals surface area (Å²) in [5.74, 6) is 0. The Morgan fingerprint density at radius 1 is 1.50 bits per heavy atom. The molecule has 0 bridgehead atoms. The number of aromatic nitrogens is 2. The molecule has 4 heteroatoms. The van der Waals surface area contributed by atoms with Gasteiger partial charge in [-0.15, -0.1) is 0 Å². The molecule has 14 heavy (non-hydrogen) atoms. The van der Waals surface area contributed by atoms with Crippen molar-refractivity contribution >= 4 is 5.69 Å². The molecule has 1 aromatic heterocycles. The van der Waals surface area contributed by atoms with Crippen molar-refractivity contribution in [2.24, 2.45) is 5.73 Å². The van der Waals surface area contributed by atoms with Crippen LogP contribution < -0.4 is 10.6 Å². The van der Waals surface area contributed by atoms with E-state index in [-0.39, 0.29) is 0 Å². The molecule has 0 unspecified atom stereocenters. The van der Waals surface area contributed by atoms with E-state index in [9.17, 15) is 0 Å². The van der Waals surface area contributed by atoms with Crippen molar-refractivity contribution < 1.29 is 0 Å². The second-order valence-electron chi connectivity index (χ2n) is 3.41. The van der Waals surface area contributed by atoms with E-state index < -0.39 is 0 Å². The Balaban J connectivity index is 2.72. The lowest BCUT2D eigenvalue weighted by molar-refractivity contribution is 0.559. The molecule has 1 aromatic rings. The second-order valence-corrected chi connectivity index (χ2v) is 3.41. The number of hydrogen-bond donors (Lipinski definition) is 2. The molecule has 0 aliphatic rings. The number of aromatic amines is 1. The number of nitrogens with one attached hydrogen (secondary N) is 1. The Kier molecular flexibility index (Phi) is 4.46. The summed E-state index contributed by atoms with van der Waals surface area (Å²) in [4.78, 5) is 2.32. The van der Waals surface area contributed by atoms with Gasteiger partial charge in [0.15, 0.2) is 0 Å². The van der Waals surface area contributed by atoms with Crippen molar-refractivity contribution in [1.29, 1.82) is 0 Å². The largest absolute Gasteiger partial charge is 0.365 e. The minimum Gasteiger partial charge on any atom is -0.365 e. The molecule has 0 spiro atoms. The van der Waals surface area contributed by atoms with Crippen LogP contribution in [0.2, 0.25) is 0 Å². The molecule has 0 aromatic carbocycles. The highest BCUT2D eigenvalue weighted by Crippen LogP contribution is 2.17. The van der Waals surface area contributed by atoms with Crippen molar-refractivity contribution in [3.05, 3.63) is 12.4 Å². The lowest BCUT2D eigenvalue weighted by Gasteiger charge is -2.30. The van der Waals surface area contributed by atoms with Crippen LogP contribution >= 0.6 is 0 Å².